The second kappa shape index (κ2) is 2.28. The van der Waals surface area contributed by atoms with Crippen molar-refractivity contribution < 1.29 is 14.6 Å². The predicted octanol–water partition coefficient (Wildman–Crippen LogP) is 1.24. The van der Waals surface area contributed by atoms with Crippen molar-refractivity contribution in [3.63, 3.8) is 0 Å². The van der Waals surface area contributed by atoms with Gasteiger partial charge >= 0.3 is 6.01 Å². The van der Waals surface area contributed by atoms with Gasteiger partial charge in [-0.2, -0.15) is 14.4 Å². The first-order valence-corrected chi connectivity index (χ1v) is 3.83. The van der Waals surface area contributed by atoms with Crippen LogP contribution in [0.25, 0.3) is 10.2 Å². The summed E-state index contributed by atoms with van der Waals surface area (Å²) in [6.07, 6.45) is 0. The molecule has 0 radical (unpaired) electrons. The van der Waals surface area contributed by atoms with E-state index >= 15 is 0 Å². The van der Waals surface area contributed by atoms with Crippen molar-refractivity contribution in [2.75, 3.05) is 0 Å². The Hall–Kier alpha value is -1.43. The minimum atomic E-state index is -0.554. The highest BCUT2D eigenvalue weighted by Crippen LogP contribution is 2.29. The maximum Gasteiger partial charge on any atom is 0.318 e. The Balaban J connectivity index is 2.88. The van der Waals surface area contributed by atoms with E-state index in [1.165, 1.54) is 0 Å². The van der Waals surface area contributed by atoms with E-state index in [0.717, 1.165) is 17.4 Å². The summed E-state index contributed by atoms with van der Waals surface area (Å²) in [4.78, 5) is 7.01. The third-order valence-corrected chi connectivity index (χ3v) is 2.15. The largest absolute Gasteiger partial charge is 0.493 e. The zero-order valence-corrected chi connectivity index (χ0v) is 6.47. The standard InChI is InChI=1S/C6H3FN2O2S/c7-3-1-2-4(10)8-6(11)9-5(2)12-3/h1H,(H2,8,9,10,11). The monoisotopic (exact) mass is 186 g/mol. The first-order chi connectivity index (χ1) is 5.66. The van der Waals surface area contributed by atoms with Gasteiger partial charge in [0.25, 0.3) is 0 Å². The summed E-state index contributed by atoms with van der Waals surface area (Å²) < 4.78 is 12.6. The van der Waals surface area contributed by atoms with Crippen LogP contribution in [-0.4, -0.2) is 20.2 Å². The van der Waals surface area contributed by atoms with E-state index in [4.69, 9.17) is 10.2 Å². The quantitative estimate of drug-likeness (QED) is 0.649. The lowest BCUT2D eigenvalue weighted by molar-refractivity contribution is 0.404. The van der Waals surface area contributed by atoms with E-state index in [1.807, 2.05) is 0 Å². The number of hydrogen-bond donors (Lipinski definition) is 2. The Labute approximate surface area is 69.9 Å². The Morgan fingerprint density at radius 1 is 1.33 bits per heavy atom. The minimum Gasteiger partial charge on any atom is -0.493 e. The molecule has 2 aromatic rings. The molecule has 0 aliphatic heterocycles. The maximum absolute atomic E-state index is 12.6. The Morgan fingerprint density at radius 2 is 2.08 bits per heavy atom. The molecular weight excluding hydrogens is 183 g/mol. The van der Waals surface area contributed by atoms with E-state index < -0.39 is 17.0 Å². The van der Waals surface area contributed by atoms with Crippen molar-refractivity contribution in [3.8, 4) is 11.9 Å². The van der Waals surface area contributed by atoms with Gasteiger partial charge < -0.3 is 10.2 Å². The fourth-order valence-corrected chi connectivity index (χ4v) is 1.61. The van der Waals surface area contributed by atoms with E-state index in [-0.39, 0.29) is 10.2 Å². The number of nitrogens with zero attached hydrogens (tertiary/aromatic N) is 2. The highest BCUT2D eigenvalue weighted by molar-refractivity contribution is 7.17. The van der Waals surface area contributed by atoms with Crippen molar-refractivity contribution in [1.29, 1.82) is 0 Å². The predicted molar refractivity (Wildman–Crippen MR) is 40.7 cm³/mol. The van der Waals surface area contributed by atoms with Crippen LogP contribution in [0.15, 0.2) is 6.07 Å². The van der Waals surface area contributed by atoms with Gasteiger partial charge in [0.2, 0.25) is 5.88 Å². The van der Waals surface area contributed by atoms with Gasteiger partial charge in [0.05, 0.1) is 5.39 Å². The number of halogens is 1. The lowest BCUT2D eigenvalue weighted by atomic mass is 10.4. The van der Waals surface area contributed by atoms with Crippen LogP contribution in [-0.2, 0) is 0 Å². The zero-order chi connectivity index (χ0) is 8.72. The fourth-order valence-electron chi connectivity index (χ4n) is 0.866. The first kappa shape index (κ1) is 7.23. The van der Waals surface area contributed by atoms with Gasteiger partial charge in [-0.1, -0.05) is 11.3 Å². The molecule has 0 atom stereocenters. The molecule has 2 N–H and O–H groups in total. The molecule has 0 bridgehead atoms. The molecule has 2 rings (SSSR count). The summed E-state index contributed by atoms with van der Waals surface area (Å²) in [6, 6.07) is 0.566. The summed E-state index contributed by atoms with van der Waals surface area (Å²) in [5.41, 5.74) is 0. The smallest absolute Gasteiger partial charge is 0.318 e. The van der Waals surface area contributed by atoms with Crippen molar-refractivity contribution in [1.82, 2.24) is 9.97 Å². The molecule has 0 spiro atoms. The third-order valence-electron chi connectivity index (χ3n) is 1.33. The highest BCUT2D eigenvalue weighted by atomic mass is 32.1. The average molecular weight is 186 g/mol. The molecule has 0 saturated heterocycles. The summed E-state index contributed by atoms with van der Waals surface area (Å²) >= 11 is 0.743. The lowest BCUT2D eigenvalue weighted by Crippen LogP contribution is -1.80. The van der Waals surface area contributed by atoms with Crippen molar-refractivity contribution in [3.05, 3.63) is 11.2 Å². The topological polar surface area (TPSA) is 66.2 Å². The molecule has 0 fully saturated rings. The molecule has 0 unspecified atom stereocenters. The Bertz CT molecular complexity index is 442. The fraction of sp³-hybridized carbons (Fsp3) is 0. The maximum atomic E-state index is 12.6. The molecule has 12 heavy (non-hydrogen) atoms. The first-order valence-electron chi connectivity index (χ1n) is 3.02. The molecule has 62 valence electrons. The van der Waals surface area contributed by atoms with E-state index in [2.05, 4.69) is 9.97 Å². The normalized spacial score (nSPS) is 10.8. The van der Waals surface area contributed by atoms with E-state index in [9.17, 15) is 4.39 Å². The van der Waals surface area contributed by atoms with Gasteiger partial charge in [-0.05, 0) is 0 Å². The van der Waals surface area contributed by atoms with Gasteiger partial charge in [-0.15, -0.1) is 0 Å². The third kappa shape index (κ3) is 0.964. The van der Waals surface area contributed by atoms with Crippen LogP contribution in [0.1, 0.15) is 0 Å². The van der Waals surface area contributed by atoms with Crippen LogP contribution in [0.3, 0.4) is 0 Å². The highest BCUT2D eigenvalue weighted by Gasteiger charge is 2.09. The summed E-state index contributed by atoms with van der Waals surface area (Å²) in [7, 11) is 0. The van der Waals surface area contributed by atoms with Gasteiger partial charge in [0.1, 0.15) is 4.83 Å². The second-order valence-electron chi connectivity index (χ2n) is 2.12. The average Bonchev–Trinajstić information content (AvgIpc) is 2.29. The van der Waals surface area contributed by atoms with Crippen molar-refractivity contribution in [2.24, 2.45) is 0 Å². The number of hydrogen-bond acceptors (Lipinski definition) is 5. The molecule has 0 amide bonds. The van der Waals surface area contributed by atoms with Gasteiger partial charge in [0.15, 0.2) is 5.13 Å². The van der Waals surface area contributed by atoms with Crippen LogP contribution in [0.5, 0.6) is 11.9 Å². The molecular formula is C6H3FN2O2S. The zero-order valence-electron chi connectivity index (χ0n) is 5.65. The van der Waals surface area contributed by atoms with Crippen LogP contribution in [0, 0.1) is 5.13 Å². The lowest BCUT2D eigenvalue weighted by Gasteiger charge is -1.92. The van der Waals surface area contributed by atoms with E-state index in [0.29, 0.717) is 0 Å². The van der Waals surface area contributed by atoms with Crippen molar-refractivity contribution in [2.45, 2.75) is 0 Å². The van der Waals surface area contributed by atoms with Crippen molar-refractivity contribution >= 4 is 21.6 Å². The number of aromatic hydroxyl groups is 2. The summed E-state index contributed by atoms with van der Waals surface area (Å²) in [5.74, 6) is -0.405. The molecule has 0 aliphatic rings. The molecule has 4 nitrogen and oxygen atoms in total. The Morgan fingerprint density at radius 3 is 2.83 bits per heavy atom. The molecule has 0 aromatic carbocycles. The molecule has 0 saturated carbocycles. The molecule has 2 heterocycles. The summed E-state index contributed by atoms with van der Waals surface area (Å²) in [5, 5.41) is 17.7. The number of rotatable bonds is 0. The number of thiophene rings is 1. The van der Waals surface area contributed by atoms with Gasteiger partial charge in [-0.3, -0.25) is 0 Å². The van der Waals surface area contributed by atoms with E-state index in [1.54, 1.807) is 0 Å². The minimum absolute atomic E-state index is 0.218. The molecule has 2 aromatic heterocycles. The molecule has 6 heteroatoms. The molecule has 0 aliphatic carbocycles. The van der Waals surface area contributed by atoms with Crippen LogP contribution < -0.4 is 0 Å². The Kier molecular flexibility index (Phi) is 1.37. The SMILES string of the molecule is Oc1nc(O)c2cc(F)sc2n1. The van der Waals surface area contributed by atoms with Gasteiger partial charge in [0, 0.05) is 6.07 Å². The summed E-state index contributed by atoms with van der Waals surface area (Å²) in [6.45, 7) is 0. The second-order valence-corrected chi connectivity index (χ2v) is 3.10. The number of aromatic nitrogens is 2. The van der Waals surface area contributed by atoms with Gasteiger partial charge in [-0.25, -0.2) is 0 Å². The van der Waals surface area contributed by atoms with Crippen LogP contribution in [0.4, 0.5) is 4.39 Å². The van der Waals surface area contributed by atoms with Crippen LogP contribution >= 0.6 is 11.3 Å². The number of fused-ring (bicyclic) bond motifs is 1. The van der Waals surface area contributed by atoms with Crippen LogP contribution in [0.2, 0.25) is 0 Å².